The highest BCUT2D eigenvalue weighted by atomic mass is 32.9. The molecule has 0 spiro atoms. The van der Waals surface area contributed by atoms with Crippen molar-refractivity contribution in [3.63, 3.8) is 0 Å². The monoisotopic (exact) mass is 443 g/mol. The molecule has 1 aliphatic heterocycles. The molecule has 2 fully saturated rings. The third-order valence-corrected chi connectivity index (χ3v) is 11.9. The minimum Gasteiger partial charge on any atom is -0.335 e. The van der Waals surface area contributed by atoms with Gasteiger partial charge < -0.3 is 13.9 Å². The molecule has 10 heteroatoms. The van der Waals surface area contributed by atoms with Crippen LogP contribution < -0.4 is 0 Å². The first-order valence-electron chi connectivity index (χ1n) is 9.35. The molecule has 0 aromatic carbocycles. The maximum Gasteiger partial charge on any atom is 0.247 e. The van der Waals surface area contributed by atoms with E-state index in [-0.39, 0.29) is 35.2 Å². The van der Waals surface area contributed by atoms with E-state index >= 15 is 0 Å². The molecule has 0 aromatic heterocycles. The molecular weight excluding hydrogens is 413 g/mol. The fourth-order valence-electron chi connectivity index (χ4n) is 3.70. The van der Waals surface area contributed by atoms with Crippen molar-refractivity contribution in [2.75, 3.05) is 30.5 Å². The molecule has 6 nitrogen and oxygen atoms in total. The Morgan fingerprint density at radius 2 is 1.73 bits per heavy atom. The van der Waals surface area contributed by atoms with Crippen molar-refractivity contribution in [1.82, 2.24) is 4.90 Å². The molecule has 1 saturated carbocycles. The lowest BCUT2D eigenvalue weighted by atomic mass is 9.93. The van der Waals surface area contributed by atoms with Crippen molar-refractivity contribution in [3.05, 3.63) is 0 Å². The second kappa shape index (κ2) is 10.2. The Morgan fingerprint density at radius 1 is 1.12 bits per heavy atom. The molecule has 1 unspecified atom stereocenters. The van der Waals surface area contributed by atoms with Gasteiger partial charge in [0.15, 0.2) is 9.84 Å². The molecule has 0 aromatic rings. The van der Waals surface area contributed by atoms with Crippen LogP contribution in [0.2, 0.25) is 0 Å². The van der Waals surface area contributed by atoms with E-state index in [9.17, 15) is 13.2 Å². The summed E-state index contributed by atoms with van der Waals surface area (Å²) < 4.78 is 35.1. The zero-order valence-electron chi connectivity index (χ0n) is 15.6. The number of carbonyl (C=O) groups is 1. The van der Waals surface area contributed by atoms with E-state index < -0.39 is 15.5 Å². The Labute approximate surface area is 166 Å². The highest BCUT2D eigenvalue weighted by molar-refractivity contribution is 8.68. The number of nitrogens with zero attached hydrogens (tertiary/aromatic N) is 1. The van der Waals surface area contributed by atoms with Crippen molar-refractivity contribution in [2.45, 2.75) is 64.5 Å². The quantitative estimate of drug-likeness (QED) is 0.506. The van der Waals surface area contributed by atoms with Crippen LogP contribution >= 0.6 is 17.1 Å². The lowest BCUT2D eigenvalue weighted by Crippen LogP contribution is -2.49. The van der Waals surface area contributed by atoms with Gasteiger partial charge in [-0.2, -0.15) is 0 Å². The van der Waals surface area contributed by atoms with Gasteiger partial charge in [0.1, 0.15) is 0 Å². The van der Waals surface area contributed by atoms with Gasteiger partial charge in [-0.15, -0.1) is 0 Å². The van der Waals surface area contributed by atoms with Gasteiger partial charge in [-0.25, -0.2) is 8.42 Å². The molecule has 0 bridgehead atoms. The van der Waals surface area contributed by atoms with E-state index in [1.54, 1.807) is 0 Å². The van der Waals surface area contributed by atoms with Crippen molar-refractivity contribution < 1.29 is 22.3 Å². The van der Waals surface area contributed by atoms with Crippen LogP contribution in [0.5, 0.6) is 0 Å². The second-order valence-electron chi connectivity index (χ2n) is 6.71. The molecule has 1 amide bonds. The van der Waals surface area contributed by atoms with Gasteiger partial charge in [0.2, 0.25) is 11.6 Å². The van der Waals surface area contributed by atoms with Gasteiger partial charge in [-0.3, -0.25) is 4.79 Å². The van der Waals surface area contributed by atoms with E-state index in [1.165, 1.54) is 17.8 Å². The van der Waals surface area contributed by atoms with Crippen molar-refractivity contribution in [3.8, 4) is 0 Å². The average Bonchev–Trinajstić information content (AvgIpc) is 2.94. The normalized spacial score (nSPS) is 23.8. The zero-order valence-corrected chi connectivity index (χ0v) is 18.9. The lowest BCUT2D eigenvalue weighted by Gasteiger charge is -2.38. The van der Waals surface area contributed by atoms with E-state index in [0.29, 0.717) is 19.6 Å². The molecule has 1 saturated heterocycles. The van der Waals surface area contributed by atoms with Gasteiger partial charge in [-0.1, -0.05) is 30.6 Å². The van der Waals surface area contributed by atoms with Gasteiger partial charge in [0.25, 0.3) is 0 Å². The smallest absolute Gasteiger partial charge is 0.247 e. The highest BCUT2D eigenvalue weighted by Crippen LogP contribution is 2.60. The minimum atomic E-state index is -3.04. The summed E-state index contributed by atoms with van der Waals surface area (Å²) >= 11 is 6.77. The average molecular weight is 444 g/mol. The first-order chi connectivity index (χ1) is 12.3. The van der Waals surface area contributed by atoms with Crippen molar-refractivity contribution in [1.29, 1.82) is 0 Å². The predicted octanol–water partition coefficient (Wildman–Crippen LogP) is 3.37. The van der Waals surface area contributed by atoms with Crippen LogP contribution in [0, 0.1) is 0 Å². The Morgan fingerprint density at radius 3 is 2.23 bits per heavy atom. The topological polar surface area (TPSA) is 72.9 Å². The van der Waals surface area contributed by atoms with Crippen LogP contribution in [0.25, 0.3) is 0 Å². The first-order valence-corrected chi connectivity index (χ1v) is 15.4. The summed E-state index contributed by atoms with van der Waals surface area (Å²) in [6.07, 6.45) is 5.83. The van der Waals surface area contributed by atoms with Crippen molar-refractivity contribution >= 4 is 44.6 Å². The standard InChI is InChI=1S/C16H30NO5PS3/c1-3-21-23(24,22-4-2)25-12-16(18)17(14-8-6-5-7-9-14)15-10-11-26(19,20)13-15/h14-15H,3-13H2,1-2H3. The third-order valence-electron chi connectivity index (χ3n) is 4.78. The number of rotatable bonds is 9. The van der Waals surface area contributed by atoms with Crippen LogP contribution in [0.1, 0.15) is 52.4 Å². The summed E-state index contributed by atoms with van der Waals surface area (Å²) in [5.41, 5.74) is -2.53. The largest absolute Gasteiger partial charge is 0.335 e. The summed E-state index contributed by atoms with van der Waals surface area (Å²) in [5, 5.41) is 0. The van der Waals surface area contributed by atoms with Crippen LogP contribution in [0.4, 0.5) is 0 Å². The summed E-state index contributed by atoms with van der Waals surface area (Å²) in [6.45, 7) is 4.62. The molecule has 1 atom stereocenters. The molecule has 1 aliphatic carbocycles. The molecule has 26 heavy (non-hydrogen) atoms. The summed E-state index contributed by atoms with van der Waals surface area (Å²) in [6, 6.07) is -0.0552. The number of sulfone groups is 1. The van der Waals surface area contributed by atoms with E-state index in [2.05, 4.69) is 0 Å². The zero-order chi connectivity index (χ0) is 19.2. The maximum absolute atomic E-state index is 13.1. The summed E-state index contributed by atoms with van der Waals surface area (Å²) in [5.74, 6) is 0.421. The third kappa shape index (κ3) is 6.45. The van der Waals surface area contributed by atoms with Crippen molar-refractivity contribution in [2.24, 2.45) is 0 Å². The molecule has 0 N–H and O–H groups in total. The van der Waals surface area contributed by atoms with Gasteiger partial charge in [0, 0.05) is 12.1 Å². The Kier molecular flexibility index (Phi) is 8.89. The Balaban J connectivity index is 2.08. The number of hydrogen-bond donors (Lipinski definition) is 0. The predicted molar refractivity (Wildman–Crippen MR) is 111 cm³/mol. The van der Waals surface area contributed by atoms with Crippen LogP contribution in [-0.2, 0) is 35.5 Å². The van der Waals surface area contributed by atoms with E-state index in [0.717, 1.165) is 25.7 Å². The molecule has 1 heterocycles. The second-order valence-corrected chi connectivity index (χ2v) is 15.2. The lowest BCUT2D eigenvalue weighted by molar-refractivity contribution is -0.133. The molecule has 2 rings (SSSR count). The maximum atomic E-state index is 13.1. The fraction of sp³-hybridized carbons (Fsp3) is 0.938. The number of hydrogen-bond acceptors (Lipinski definition) is 7. The van der Waals surface area contributed by atoms with Crippen LogP contribution in [-0.4, -0.2) is 61.8 Å². The first kappa shape index (κ1) is 22.6. The van der Waals surface area contributed by atoms with E-state index in [1.807, 2.05) is 18.7 Å². The van der Waals surface area contributed by atoms with E-state index in [4.69, 9.17) is 20.9 Å². The van der Waals surface area contributed by atoms with Gasteiger partial charge in [-0.05, 0) is 44.9 Å². The fourth-order valence-corrected chi connectivity index (χ4v) is 9.67. The van der Waals surface area contributed by atoms with Crippen LogP contribution in [0.15, 0.2) is 0 Å². The van der Waals surface area contributed by atoms with Gasteiger partial charge in [0.05, 0.1) is 30.5 Å². The molecular formula is C16H30NO5PS3. The Hall–Kier alpha value is 0.340. The molecule has 152 valence electrons. The molecule has 0 radical (unpaired) electrons. The summed E-state index contributed by atoms with van der Waals surface area (Å²) in [4.78, 5) is 14.9. The summed E-state index contributed by atoms with van der Waals surface area (Å²) in [7, 11) is -3.04. The van der Waals surface area contributed by atoms with Gasteiger partial charge >= 0.3 is 0 Å². The Bertz CT molecular complexity index is 611. The van der Waals surface area contributed by atoms with Crippen LogP contribution in [0.3, 0.4) is 0 Å². The number of amides is 1. The number of carbonyl (C=O) groups excluding carboxylic acids is 1. The minimum absolute atomic E-state index is 0.0300. The molecule has 2 aliphatic rings. The highest BCUT2D eigenvalue weighted by Gasteiger charge is 2.39. The SMILES string of the molecule is CCOP(=S)(OCC)SCC(=O)N(C1CCCCC1)C1CCS(=O)(=O)C1.